The first kappa shape index (κ1) is 76.5. The zero-order valence-electron chi connectivity index (χ0n) is 50.6. The number of carbonyl (C=O) groups is 5. The Morgan fingerprint density at radius 2 is 0.548 bits per heavy atom. The first-order valence-corrected chi connectivity index (χ1v) is 29.6. The van der Waals surface area contributed by atoms with Crippen LogP contribution in [0.15, 0.2) is 0 Å². The molecule has 41 nitrogen and oxygen atoms in total. The first-order valence-electron chi connectivity index (χ1n) is 29.6. The van der Waals surface area contributed by atoms with Crippen molar-refractivity contribution < 1.29 is 177 Å². The second kappa shape index (κ2) is 33.6. The van der Waals surface area contributed by atoms with Crippen molar-refractivity contribution in [3.63, 3.8) is 0 Å². The molecule has 5 amide bonds. The summed E-state index contributed by atoms with van der Waals surface area (Å²) in [6, 6.07) is -8.60. The van der Waals surface area contributed by atoms with Crippen molar-refractivity contribution in [3.8, 4) is 0 Å². The number of carbonyl (C=O) groups excluding carboxylic acids is 5. The molecule has 0 aliphatic carbocycles. The van der Waals surface area contributed by atoms with Crippen molar-refractivity contribution in [1.29, 1.82) is 0 Å². The first-order chi connectivity index (χ1) is 43.9. The summed E-state index contributed by atoms with van der Waals surface area (Å²) in [6.45, 7) is -1.92. The van der Waals surface area contributed by atoms with E-state index in [0.29, 0.717) is 0 Å². The van der Waals surface area contributed by atoms with Crippen LogP contribution in [0, 0.1) is 0 Å². The van der Waals surface area contributed by atoms with Crippen molar-refractivity contribution in [2.75, 3.05) is 46.2 Å². The lowest BCUT2D eigenvalue weighted by Crippen LogP contribution is -2.71. The van der Waals surface area contributed by atoms with Crippen LogP contribution in [0.2, 0.25) is 0 Å². The fourth-order valence-corrected chi connectivity index (χ4v) is 11.9. The molecule has 0 saturated carbocycles. The highest BCUT2D eigenvalue weighted by atomic mass is 16.8. The summed E-state index contributed by atoms with van der Waals surface area (Å²) in [5.41, 5.74) is 0. The lowest BCUT2D eigenvalue weighted by molar-refractivity contribution is -0.386. The molecule has 0 bridgehead atoms. The van der Waals surface area contributed by atoms with Gasteiger partial charge in [0.05, 0.1) is 46.2 Å². The summed E-state index contributed by atoms with van der Waals surface area (Å²) in [6.07, 6.45) is -58.4. The minimum absolute atomic E-state index is 0.769. The zero-order valence-corrected chi connectivity index (χ0v) is 50.6. The summed E-state index contributed by atoms with van der Waals surface area (Å²) in [5.74, 6) is -4.14. The fraction of sp³-hybridized carbons (Fsp3) is 0.904. The van der Waals surface area contributed by atoms with Crippen LogP contribution in [0.5, 0.6) is 0 Å². The molecule has 93 heavy (non-hydrogen) atoms. The van der Waals surface area contributed by atoms with Gasteiger partial charge in [0.1, 0.15) is 171 Å². The number of ether oxygens (including phenoxy) is 13. The van der Waals surface area contributed by atoms with Gasteiger partial charge in [0.2, 0.25) is 29.5 Å². The molecule has 7 aliphatic rings. The van der Waals surface area contributed by atoms with Gasteiger partial charge in [-0.05, 0) is 0 Å². The van der Waals surface area contributed by atoms with Crippen LogP contribution < -0.4 is 26.6 Å². The van der Waals surface area contributed by atoms with Gasteiger partial charge in [0, 0.05) is 34.6 Å². The Kier molecular flexibility index (Phi) is 27.6. The van der Waals surface area contributed by atoms with Crippen LogP contribution in [-0.2, 0) is 85.6 Å². The second-order valence-corrected chi connectivity index (χ2v) is 23.3. The van der Waals surface area contributed by atoms with Gasteiger partial charge in [-0.1, -0.05) is 0 Å². The van der Waals surface area contributed by atoms with E-state index in [0.717, 1.165) is 34.6 Å². The molecule has 0 aromatic carbocycles. The molecule has 536 valence electrons. The normalized spacial score (nSPS) is 46.4. The van der Waals surface area contributed by atoms with Crippen LogP contribution in [0.25, 0.3) is 0 Å². The Balaban J connectivity index is 1.19. The SMILES string of the molecule is CC(=O)N[C@H]1[C@H](O[C@H]2[C@@H](O)[C@@H](CO[C@@H]3O[C@H](CO)[C@@H](O)[C@H](O)[C@H]3NC(C)=O)O[C@@H](O[C@H]3[C@H](O)[C@@H](NC(C)=O)[C@H](O[C@H]4[C@@H](O)[C@@H](CO)OC(O)[C@@H]4NC(C)=O)O[C@@H]3CO)[C@@H]2O)O[C@H](CO)[C@@H](O[C@@H]2O[C@H](CO)[C@H](O)[C@H](O[C@H]3O[C@H](CO)[C@H](O)[C@H](O)[C@H]3NC(C)=O)[C@H]2O)[C@@H]1O. The van der Waals surface area contributed by atoms with Crippen LogP contribution in [0.1, 0.15) is 34.6 Å². The van der Waals surface area contributed by atoms with Gasteiger partial charge in [-0.2, -0.15) is 0 Å². The maximum absolute atomic E-state index is 13.0. The Bertz CT molecular complexity index is 2440. The highest BCUT2D eigenvalue weighted by Gasteiger charge is 2.59. The van der Waals surface area contributed by atoms with Gasteiger partial charge in [-0.15, -0.1) is 0 Å². The quantitative estimate of drug-likeness (QED) is 0.0427. The predicted octanol–water partition coefficient (Wildman–Crippen LogP) is -15.6. The molecule has 1 unspecified atom stereocenters. The predicted molar refractivity (Wildman–Crippen MR) is 290 cm³/mol. The number of hydrogen-bond acceptors (Lipinski definition) is 36. The van der Waals surface area contributed by atoms with E-state index in [1.807, 2.05) is 0 Å². The third-order valence-corrected chi connectivity index (χ3v) is 16.5. The lowest BCUT2D eigenvalue weighted by atomic mass is 9.93. The Morgan fingerprint density at radius 3 is 0.935 bits per heavy atom. The van der Waals surface area contributed by atoms with Crippen molar-refractivity contribution in [3.05, 3.63) is 0 Å². The molecule has 0 aromatic heterocycles. The molecule has 41 heteroatoms. The van der Waals surface area contributed by atoms with E-state index in [-0.39, 0.29) is 0 Å². The molecule has 7 heterocycles. The molecule has 0 spiro atoms. The van der Waals surface area contributed by atoms with Gasteiger partial charge < -0.3 is 180 Å². The standard InChI is InChI=1S/C52H87N5O36/c1-13(64)53-25-35(74)30(69)18(6-58)83-47(25)81-12-24-34(73)45(40(79)52(88-24)90-42-22(10-62)86-49(27(37(42)76)55-15(3)66)91-43-29(57-17(5)68)46(80)82-20(8-60)32(43)71)93-50-28(56-16(4)67)38(77)41(23(11-63)87-50)89-51-39(78)44(33(72)21(9-61)85-51)92-48-26(54-14(2)65)36(75)31(70)19(7-59)84-48/h18-52,58-63,69-80H,6-12H2,1-5H3,(H,53,64)(H,54,65)(H,55,66)(H,56,67)(H,57,68)/t18-,19-,20-,21-,22-,23-,24-,25-,26-,27-,28-,29-,30-,31+,32+,33+,34+,35-,36-,37-,38-,39-,40-,41-,42-,43-,44+,45+,46?,47-,48-,49+,50+,51+,52+/m1/s1. The number of rotatable bonds is 24. The number of aliphatic hydroxyl groups excluding tert-OH is 18. The van der Waals surface area contributed by atoms with Crippen LogP contribution in [0.3, 0.4) is 0 Å². The average molecular weight is 1360 g/mol. The van der Waals surface area contributed by atoms with Crippen LogP contribution in [-0.4, -0.2) is 382 Å². The summed E-state index contributed by atoms with van der Waals surface area (Å²) in [7, 11) is 0. The molecule has 7 rings (SSSR count). The monoisotopic (exact) mass is 1360 g/mol. The van der Waals surface area contributed by atoms with E-state index in [1.165, 1.54) is 0 Å². The largest absolute Gasteiger partial charge is 0.394 e. The highest BCUT2D eigenvalue weighted by molar-refractivity contribution is 5.75. The van der Waals surface area contributed by atoms with Crippen LogP contribution >= 0.6 is 0 Å². The summed E-state index contributed by atoms with van der Waals surface area (Å²) in [5, 5.41) is 211. The van der Waals surface area contributed by atoms with Crippen molar-refractivity contribution >= 4 is 29.5 Å². The minimum Gasteiger partial charge on any atom is -0.394 e. The molecule has 0 aromatic rings. The second-order valence-electron chi connectivity index (χ2n) is 23.3. The molecule has 0 radical (unpaired) electrons. The highest BCUT2D eigenvalue weighted by Crippen LogP contribution is 2.38. The maximum Gasteiger partial charge on any atom is 0.217 e. The average Bonchev–Trinajstić information content (AvgIpc) is 0.778. The third-order valence-electron chi connectivity index (χ3n) is 16.5. The van der Waals surface area contributed by atoms with Crippen molar-refractivity contribution in [2.24, 2.45) is 0 Å². The summed E-state index contributed by atoms with van der Waals surface area (Å²) < 4.78 is 76.4. The molecule has 35 atom stereocenters. The number of aliphatic hydroxyl groups is 18. The smallest absolute Gasteiger partial charge is 0.217 e. The van der Waals surface area contributed by atoms with Gasteiger partial charge in [0.15, 0.2) is 44.0 Å². The number of nitrogens with one attached hydrogen (secondary N) is 5. The van der Waals surface area contributed by atoms with Crippen LogP contribution in [0.4, 0.5) is 0 Å². The van der Waals surface area contributed by atoms with Gasteiger partial charge >= 0.3 is 0 Å². The Labute approximate surface area is 528 Å². The van der Waals surface area contributed by atoms with E-state index in [1.54, 1.807) is 0 Å². The zero-order chi connectivity index (χ0) is 68.8. The molecular weight excluding hydrogens is 1270 g/mol. The number of hydrogen-bond donors (Lipinski definition) is 23. The van der Waals surface area contributed by atoms with E-state index < -0.39 is 290 Å². The molecule has 23 N–H and O–H groups in total. The topological polar surface area (TPSA) is 630 Å². The maximum atomic E-state index is 13.0. The molecule has 7 fully saturated rings. The minimum atomic E-state index is -2.39. The van der Waals surface area contributed by atoms with Gasteiger partial charge in [0.25, 0.3) is 0 Å². The lowest BCUT2D eigenvalue weighted by Gasteiger charge is -2.51. The fourth-order valence-electron chi connectivity index (χ4n) is 11.9. The molecular formula is C52H87N5O36. The third kappa shape index (κ3) is 17.5. The molecule has 7 saturated heterocycles. The molecule has 7 aliphatic heterocycles. The van der Waals surface area contributed by atoms with Gasteiger partial charge in [-0.3, -0.25) is 24.0 Å². The van der Waals surface area contributed by atoms with Crippen molar-refractivity contribution in [2.45, 2.75) is 249 Å². The Hall–Kier alpha value is -3.89. The van der Waals surface area contributed by atoms with Gasteiger partial charge in [-0.25, -0.2) is 0 Å². The van der Waals surface area contributed by atoms with E-state index >= 15 is 0 Å². The van der Waals surface area contributed by atoms with E-state index in [4.69, 9.17) is 61.6 Å². The Morgan fingerprint density at radius 1 is 0.280 bits per heavy atom. The van der Waals surface area contributed by atoms with E-state index in [2.05, 4.69) is 26.6 Å². The summed E-state index contributed by atoms with van der Waals surface area (Å²) >= 11 is 0. The van der Waals surface area contributed by atoms with Crippen molar-refractivity contribution in [1.82, 2.24) is 26.6 Å². The van der Waals surface area contributed by atoms with E-state index in [9.17, 15) is 116 Å². The summed E-state index contributed by atoms with van der Waals surface area (Å²) in [4.78, 5) is 62.5. The number of amides is 5.